The molecule has 7 rings (SSSR count). The lowest BCUT2D eigenvalue weighted by Crippen LogP contribution is -2.73. The Morgan fingerprint density at radius 2 is 1.76 bits per heavy atom. The quantitative estimate of drug-likeness (QED) is 0.278. The van der Waals surface area contributed by atoms with Crippen LogP contribution in [-0.4, -0.2) is 102 Å². The molecule has 5 aliphatic rings. The number of nitrogens with zero attached hydrogens (tertiary/aromatic N) is 4. The van der Waals surface area contributed by atoms with Crippen molar-refractivity contribution in [2.45, 2.75) is 62.7 Å². The maximum atomic E-state index is 14.7. The summed E-state index contributed by atoms with van der Waals surface area (Å²) in [4.78, 5) is 58.9. The predicted octanol–water partition coefficient (Wildman–Crippen LogP) is 3.41. The van der Waals surface area contributed by atoms with Gasteiger partial charge in [0, 0.05) is 86.3 Å². The van der Waals surface area contributed by atoms with Gasteiger partial charge in [0.15, 0.2) is 0 Å². The molecule has 1 aromatic carbocycles. The van der Waals surface area contributed by atoms with Gasteiger partial charge in [-0.2, -0.15) is 0 Å². The van der Waals surface area contributed by atoms with Crippen LogP contribution < -0.4 is 15.0 Å². The number of ether oxygens (including phenoxy) is 2. The minimum Gasteiger partial charge on any atom is -0.474 e. The molecule has 3 saturated heterocycles. The second kappa shape index (κ2) is 11.9. The maximum absolute atomic E-state index is 14.7. The molecule has 244 valence electrons. The third kappa shape index (κ3) is 6.14. The summed E-state index contributed by atoms with van der Waals surface area (Å²) in [6, 6.07) is 7.68. The SMILES string of the molecule is O=C1CCC(N2C(=O)c3ccc(N4CC5(CN(CC(F)(F)CCCO[C@H]6C[C@H](Oc7ccc(Br)cn7)C6)C5)C4)cc3C2=O)C(=O)N1. The average molecular weight is 703 g/mol. The van der Waals surface area contributed by atoms with Gasteiger partial charge in [-0.15, -0.1) is 0 Å². The van der Waals surface area contributed by atoms with Gasteiger partial charge >= 0.3 is 0 Å². The molecule has 1 aromatic heterocycles. The first-order valence-electron chi connectivity index (χ1n) is 15.6. The Morgan fingerprint density at radius 3 is 2.48 bits per heavy atom. The van der Waals surface area contributed by atoms with E-state index in [2.05, 4.69) is 31.1 Å². The van der Waals surface area contributed by atoms with Gasteiger partial charge < -0.3 is 14.4 Å². The minimum atomic E-state index is -2.80. The number of carbonyl (C=O) groups is 4. The van der Waals surface area contributed by atoms with E-state index in [0.717, 1.165) is 27.9 Å². The molecular weight excluding hydrogens is 668 g/mol. The van der Waals surface area contributed by atoms with Gasteiger partial charge in [0.2, 0.25) is 17.7 Å². The molecule has 46 heavy (non-hydrogen) atoms. The summed E-state index contributed by atoms with van der Waals surface area (Å²) in [6.07, 6.45) is 3.41. The predicted molar refractivity (Wildman–Crippen MR) is 164 cm³/mol. The number of pyridine rings is 1. The zero-order valence-corrected chi connectivity index (χ0v) is 26.6. The van der Waals surface area contributed by atoms with Crippen LogP contribution in [-0.2, 0) is 14.3 Å². The van der Waals surface area contributed by atoms with Crippen molar-refractivity contribution in [3.05, 3.63) is 52.1 Å². The summed E-state index contributed by atoms with van der Waals surface area (Å²) < 4.78 is 41.9. The van der Waals surface area contributed by atoms with E-state index in [-0.39, 0.29) is 61.0 Å². The molecule has 1 N–H and O–H groups in total. The van der Waals surface area contributed by atoms with Crippen LogP contribution in [0.1, 0.15) is 59.2 Å². The second-order valence-electron chi connectivity index (χ2n) is 13.2. The summed E-state index contributed by atoms with van der Waals surface area (Å²) in [5.41, 5.74) is 1.17. The van der Waals surface area contributed by atoms with Crippen molar-refractivity contribution in [2.75, 3.05) is 44.2 Å². The number of nitrogens with one attached hydrogen (secondary N) is 1. The van der Waals surface area contributed by atoms with E-state index in [1.165, 1.54) is 0 Å². The van der Waals surface area contributed by atoms with Crippen molar-refractivity contribution >= 4 is 45.2 Å². The average Bonchev–Trinajstić information content (AvgIpc) is 3.19. The zero-order valence-electron chi connectivity index (χ0n) is 25.1. The highest BCUT2D eigenvalue weighted by molar-refractivity contribution is 9.10. The van der Waals surface area contributed by atoms with Crippen LogP contribution in [0.25, 0.3) is 0 Å². The van der Waals surface area contributed by atoms with E-state index in [0.29, 0.717) is 38.7 Å². The largest absolute Gasteiger partial charge is 0.474 e. The Balaban J connectivity index is 0.815. The van der Waals surface area contributed by atoms with E-state index in [1.54, 1.807) is 35.4 Å². The molecule has 0 radical (unpaired) electrons. The number of aromatic nitrogens is 1. The number of alkyl halides is 2. The van der Waals surface area contributed by atoms with Crippen molar-refractivity contribution in [3.63, 3.8) is 0 Å². The topological polar surface area (TPSA) is 121 Å². The Bertz CT molecular complexity index is 1550. The Labute approximate surface area is 272 Å². The summed E-state index contributed by atoms with van der Waals surface area (Å²) in [6.45, 7) is 2.52. The molecule has 4 amide bonds. The Morgan fingerprint density at radius 1 is 1.00 bits per heavy atom. The second-order valence-corrected chi connectivity index (χ2v) is 14.1. The Kier molecular flexibility index (Phi) is 8.08. The number of rotatable bonds is 11. The highest BCUT2D eigenvalue weighted by Crippen LogP contribution is 2.44. The fourth-order valence-electron chi connectivity index (χ4n) is 7.16. The first kappa shape index (κ1) is 31.1. The maximum Gasteiger partial charge on any atom is 0.262 e. The van der Waals surface area contributed by atoms with Crippen LogP contribution in [0.2, 0.25) is 0 Å². The number of piperidine rings is 1. The van der Waals surface area contributed by atoms with Gasteiger partial charge in [-0.1, -0.05) is 0 Å². The number of anilines is 1. The number of likely N-dealkylation sites (tertiary alicyclic amines) is 1. The van der Waals surface area contributed by atoms with Crippen LogP contribution in [0.15, 0.2) is 41.0 Å². The van der Waals surface area contributed by atoms with E-state index < -0.39 is 35.6 Å². The highest BCUT2D eigenvalue weighted by atomic mass is 79.9. The van der Waals surface area contributed by atoms with Crippen molar-refractivity contribution in [1.82, 2.24) is 20.1 Å². The van der Waals surface area contributed by atoms with E-state index in [1.807, 2.05) is 6.07 Å². The van der Waals surface area contributed by atoms with Gasteiger partial charge in [-0.05, 0) is 53.0 Å². The van der Waals surface area contributed by atoms with Gasteiger partial charge in [-0.3, -0.25) is 34.3 Å². The van der Waals surface area contributed by atoms with Crippen LogP contribution >= 0.6 is 15.9 Å². The number of fused-ring (bicyclic) bond motifs is 1. The standard InChI is InChI=1S/C32H34BrF2N5O6/c33-19-2-7-27(36-13-19)46-22-11-21(12-22)45-9-1-8-32(34,35)18-38-14-31(15-38)16-39(17-31)20-3-4-23-24(10-20)30(44)40(29(23)43)25-5-6-26(41)37-28(25)42/h2-4,7,10,13,21-22,25H,1,5-6,8-9,11-12,14-18H2,(H,37,41,42)/t21-,22-,25?. The number of hydrogen-bond acceptors (Lipinski definition) is 9. The highest BCUT2D eigenvalue weighted by Gasteiger charge is 2.54. The first-order valence-corrected chi connectivity index (χ1v) is 16.4. The molecule has 4 aliphatic heterocycles. The summed E-state index contributed by atoms with van der Waals surface area (Å²) >= 11 is 3.34. The molecule has 5 heterocycles. The van der Waals surface area contributed by atoms with Gasteiger partial charge in [0.25, 0.3) is 17.7 Å². The number of benzene rings is 1. The molecule has 14 heteroatoms. The van der Waals surface area contributed by atoms with E-state index in [9.17, 15) is 28.0 Å². The molecule has 11 nitrogen and oxygen atoms in total. The lowest BCUT2D eigenvalue weighted by Gasteiger charge is -2.61. The van der Waals surface area contributed by atoms with Gasteiger partial charge in [0.05, 0.1) is 23.8 Å². The van der Waals surface area contributed by atoms with Crippen molar-refractivity contribution in [2.24, 2.45) is 5.41 Å². The van der Waals surface area contributed by atoms with E-state index in [4.69, 9.17) is 9.47 Å². The smallest absolute Gasteiger partial charge is 0.262 e. The van der Waals surface area contributed by atoms with Crippen LogP contribution in [0.5, 0.6) is 5.88 Å². The lowest BCUT2D eigenvalue weighted by atomic mass is 9.72. The van der Waals surface area contributed by atoms with Crippen molar-refractivity contribution < 1.29 is 37.4 Å². The summed E-state index contributed by atoms with van der Waals surface area (Å²) in [7, 11) is 0. The third-order valence-electron chi connectivity index (χ3n) is 9.49. The molecule has 1 unspecified atom stereocenters. The summed E-state index contributed by atoms with van der Waals surface area (Å²) in [5, 5.41) is 2.20. The minimum absolute atomic E-state index is 0.0272. The lowest BCUT2D eigenvalue weighted by molar-refractivity contribution is -0.136. The van der Waals surface area contributed by atoms with Crippen molar-refractivity contribution in [1.29, 1.82) is 0 Å². The Hall–Kier alpha value is -3.49. The van der Waals surface area contributed by atoms with Gasteiger partial charge in [-0.25, -0.2) is 13.8 Å². The van der Waals surface area contributed by atoms with Gasteiger partial charge in [0.1, 0.15) is 12.1 Å². The molecule has 2 aromatic rings. The number of halogens is 3. The number of imide groups is 2. The molecule has 1 spiro atoms. The van der Waals surface area contributed by atoms with Crippen LogP contribution in [0.3, 0.4) is 0 Å². The number of carbonyl (C=O) groups excluding carboxylic acids is 4. The van der Waals surface area contributed by atoms with E-state index >= 15 is 0 Å². The molecule has 4 fully saturated rings. The molecular formula is C32H34BrF2N5O6. The summed E-state index contributed by atoms with van der Waals surface area (Å²) in [5.74, 6) is -4.39. The molecule has 1 atom stereocenters. The third-order valence-corrected chi connectivity index (χ3v) is 9.96. The number of hydrogen-bond donors (Lipinski definition) is 1. The fraction of sp³-hybridized carbons (Fsp3) is 0.531. The number of amides is 4. The monoisotopic (exact) mass is 701 g/mol. The van der Waals surface area contributed by atoms with Crippen LogP contribution in [0.4, 0.5) is 14.5 Å². The van der Waals surface area contributed by atoms with Crippen molar-refractivity contribution in [3.8, 4) is 5.88 Å². The first-order chi connectivity index (χ1) is 22.0. The molecule has 0 bridgehead atoms. The van der Waals surface area contributed by atoms with Crippen LogP contribution in [0, 0.1) is 5.41 Å². The fourth-order valence-corrected chi connectivity index (χ4v) is 7.39. The normalized spacial score (nSPS) is 25.6. The molecule has 1 saturated carbocycles. The molecule has 1 aliphatic carbocycles. The zero-order chi connectivity index (χ0) is 32.2.